The molecule has 152 valence electrons. The standard InChI is InChI=1S/C24H23N3O3/c28-10-9-27-8-7-17-20(13-27)25-19(11-15-5-6-21-22(12-15)30-14-29-21)24-23(17)16-3-1-2-4-18(16)26-24/h1-6,12,26,28H,7-11,13-14H2. The number of aliphatic hydroxyl groups is 1. The van der Waals surface area contributed by atoms with Crippen molar-refractivity contribution in [3.05, 3.63) is 65.0 Å². The van der Waals surface area contributed by atoms with Gasteiger partial charge in [-0.25, -0.2) is 0 Å². The van der Waals surface area contributed by atoms with Gasteiger partial charge in [-0.1, -0.05) is 24.3 Å². The number of benzene rings is 2. The minimum atomic E-state index is 0.175. The molecule has 0 radical (unpaired) electrons. The Labute approximate surface area is 174 Å². The van der Waals surface area contributed by atoms with Gasteiger partial charge >= 0.3 is 0 Å². The van der Waals surface area contributed by atoms with Crippen LogP contribution in [-0.2, 0) is 19.4 Å². The van der Waals surface area contributed by atoms with E-state index in [9.17, 15) is 5.11 Å². The molecule has 0 amide bonds. The van der Waals surface area contributed by atoms with Gasteiger partial charge in [0.1, 0.15) is 0 Å². The number of nitrogens with one attached hydrogen (secondary N) is 1. The van der Waals surface area contributed by atoms with Gasteiger partial charge in [-0.2, -0.15) is 0 Å². The van der Waals surface area contributed by atoms with Gasteiger partial charge in [0.2, 0.25) is 6.79 Å². The number of para-hydroxylation sites is 1. The fourth-order valence-electron chi connectivity index (χ4n) is 4.77. The SMILES string of the molecule is OCCN1CCc2c(nc(Cc3ccc4c(c3)OCO4)c3[nH]c4ccccc4c23)C1. The Kier molecular flexibility index (Phi) is 4.14. The van der Waals surface area contributed by atoms with Crippen LogP contribution < -0.4 is 9.47 Å². The average Bonchev–Trinajstić information content (AvgIpc) is 3.38. The van der Waals surface area contributed by atoms with E-state index < -0.39 is 0 Å². The number of pyridine rings is 1. The first-order chi connectivity index (χ1) is 14.8. The second-order valence-corrected chi connectivity index (χ2v) is 8.02. The van der Waals surface area contributed by atoms with Crippen molar-refractivity contribution < 1.29 is 14.6 Å². The summed E-state index contributed by atoms with van der Waals surface area (Å²) < 4.78 is 11.0. The maximum Gasteiger partial charge on any atom is 0.231 e. The molecule has 6 heteroatoms. The fourth-order valence-corrected chi connectivity index (χ4v) is 4.77. The summed E-state index contributed by atoms with van der Waals surface area (Å²) in [6.07, 6.45) is 1.66. The van der Waals surface area contributed by atoms with Crippen LogP contribution in [0.15, 0.2) is 42.5 Å². The van der Waals surface area contributed by atoms with Gasteiger partial charge in [0.05, 0.1) is 23.5 Å². The van der Waals surface area contributed by atoms with Crippen molar-refractivity contribution in [1.29, 1.82) is 0 Å². The first-order valence-corrected chi connectivity index (χ1v) is 10.4. The smallest absolute Gasteiger partial charge is 0.231 e. The van der Waals surface area contributed by atoms with E-state index in [-0.39, 0.29) is 13.4 Å². The third kappa shape index (κ3) is 2.83. The number of fused-ring (bicyclic) bond motifs is 6. The van der Waals surface area contributed by atoms with E-state index >= 15 is 0 Å². The Morgan fingerprint density at radius 2 is 2.00 bits per heavy atom. The number of aromatic amines is 1. The number of β-amino-alcohol motifs (C(OH)–C–C–N with tert-alkyl or cyclic N) is 1. The van der Waals surface area contributed by atoms with Gasteiger partial charge in [-0.05, 0) is 35.7 Å². The average molecular weight is 401 g/mol. The quantitative estimate of drug-likeness (QED) is 0.549. The highest BCUT2D eigenvalue weighted by molar-refractivity contribution is 6.10. The van der Waals surface area contributed by atoms with Crippen LogP contribution in [0.4, 0.5) is 0 Å². The number of aliphatic hydroxyl groups excluding tert-OH is 1. The number of ether oxygens (including phenoxy) is 2. The molecule has 0 saturated carbocycles. The maximum atomic E-state index is 9.38. The molecule has 0 fully saturated rings. The summed E-state index contributed by atoms with van der Waals surface area (Å²) in [6.45, 7) is 2.87. The van der Waals surface area contributed by atoms with E-state index in [0.717, 1.165) is 59.0 Å². The lowest BCUT2D eigenvalue weighted by Crippen LogP contribution is -2.33. The van der Waals surface area contributed by atoms with Gasteiger partial charge in [-0.3, -0.25) is 9.88 Å². The van der Waals surface area contributed by atoms with Crippen molar-refractivity contribution in [1.82, 2.24) is 14.9 Å². The second-order valence-electron chi connectivity index (χ2n) is 8.02. The van der Waals surface area contributed by atoms with Crippen molar-refractivity contribution in [3.8, 4) is 11.5 Å². The summed E-state index contributed by atoms with van der Waals surface area (Å²) in [4.78, 5) is 11.0. The molecule has 30 heavy (non-hydrogen) atoms. The van der Waals surface area contributed by atoms with Crippen LogP contribution in [0.25, 0.3) is 21.8 Å². The second kappa shape index (κ2) is 7.00. The summed E-state index contributed by atoms with van der Waals surface area (Å²) in [7, 11) is 0. The van der Waals surface area contributed by atoms with Gasteiger partial charge < -0.3 is 19.6 Å². The Balaban J connectivity index is 1.51. The van der Waals surface area contributed by atoms with Crippen molar-refractivity contribution in [2.75, 3.05) is 26.5 Å². The minimum absolute atomic E-state index is 0.175. The number of nitrogens with zero attached hydrogens (tertiary/aromatic N) is 2. The van der Waals surface area contributed by atoms with E-state index in [0.29, 0.717) is 13.0 Å². The van der Waals surface area contributed by atoms with Crippen LogP contribution in [0, 0.1) is 0 Å². The van der Waals surface area contributed by atoms with E-state index in [1.54, 1.807) is 0 Å². The van der Waals surface area contributed by atoms with Crippen molar-refractivity contribution in [2.45, 2.75) is 19.4 Å². The lowest BCUT2D eigenvalue weighted by Gasteiger charge is -2.28. The Bertz CT molecular complexity index is 1260. The molecule has 4 heterocycles. The molecule has 0 saturated heterocycles. The number of hydrogen-bond donors (Lipinski definition) is 2. The molecule has 0 aliphatic carbocycles. The van der Waals surface area contributed by atoms with Crippen LogP contribution in [0.2, 0.25) is 0 Å². The first-order valence-electron chi connectivity index (χ1n) is 10.4. The molecule has 4 aromatic rings. The number of aromatic nitrogens is 2. The Hall–Kier alpha value is -3.09. The normalized spacial score (nSPS) is 15.8. The molecule has 0 bridgehead atoms. The van der Waals surface area contributed by atoms with E-state index in [2.05, 4.69) is 46.3 Å². The number of H-pyrrole nitrogens is 1. The monoisotopic (exact) mass is 401 g/mol. The highest BCUT2D eigenvalue weighted by Crippen LogP contribution is 2.36. The van der Waals surface area contributed by atoms with Crippen LogP contribution in [-0.4, -0.2) is 46.5 Å². The van der Waals surface area contributed by atoms with Crippen molar-refractivity contribution in [3.63, 3.8) is 0 Å². The first kappa shape index (κ1) is 17.7. The van der Waals surface area contributed by atoms with Crippen LogP contribution in [0.1, 0.15) is 22.5 Å². The van der Waals surface area contributed by atoms with E-state index in [1.165, 1.54) is 16.3 Å². The minimum Gasteiger partial charge on any atom is -0.454 e. The predicted molar refractivity (Wildman–Crippen MR) is 115 cm³/mol. The molecule has 0 spiro atoms. The molecular formula is C24H23N3O3. The van der Waals surface area contributed by atoms with Crippen molar-refractivity contribution >= 4 is 21.8 Å². The molecule has 2 aliphatic rings. The van der Waals surface area contributed by atoms with E-state index in [1.807, 2.05) is 6.07 Å². The molecule has 2 aromatic carbocycles. The van der Waals surface area contributed by atoms with E-state index in [4.69, 9.17) is 14.5 Å². The van der Waals surface area contributed by atoms with Gasteiger partial charge in [0.25, 0.3) is 0 Å². The largest absolute Gasteiger partial charge is 0.454 e. The molecule has 2 aromatic heterocycles. The summed E-state index contributed by atoms with van der Waals surface area (Å²) in [5.74, 6) is 1.60. The molecule has 2 N–H and O–H groups in total. The Morgan fingerprint density at radius 1 is 1.10 bits per heavy atom. The molecule has 2 aliphatic heterocycles. The van der Waals surface area contributed by atoms with Crippen LogP contribution >= 0.6 is 0 Å². The zero-order chi connectivity index (χ0) is 20.1. The third-order valence-electron chi connectivity index (χ3n) is 6.19. The lowest BCUT2D eigenvalue weighted by molar-refractivity contribution is 0.174. The van der Waals surface area contributed by atoms with Gasteiger partial charge in [0.15, 0.2) is 11.5 Å². The zero-order valence-corrected chi connectivity index (χ0v) is 16.6. The summed E-state index contributed by atoms with van der Waals surface area (Å²) in [6, 6.07) is 14.6. The molecule has 6 nitrogen and oxygen atoms in total. The number of rotatable bonds is 4. The maximum absolute atomic E-state index is 9.38. The van der Waals surface area contributed by atoms with Crippen LogP contribution in [0.3, 0.4) is 0 Å². The molecular weight excluding hydrogens is 378 g/mol. The molecule has 0 unspecified atom stereocenters. The van der Waals surface area contributed by atoms with Crippen molar-refractivity contribution in [2.24, 2.45) is 0 Å². The highest BCUT2D eigenvalue weighted by atomic mass is 16.7. The number of hydrogen-bond acceptors (Lipinski definition) is 5. The molecule has 6 rings (SSSR count). The summed E-state index contributed by atoms with van der Waals surface area (Å²) in [5.41, 5.74) is 6.93. The predicted octanol–water partition coefficient (Wildman–Crippen LogP) is 3.39. The third-order valence-corrected chi connectivity index (χ3v) is 6.19. The van der Waals surface area contributed by atoms with Gasteiger partial charge in [0, 0.05) is 42.3 Å². The summed E-state index contributed by atoms with van der Waals surface area (Å²) in [5, 5.41) is 11.9. The lowest BCUT2D eigenvalue weighted by atomic mass is 9.96. The fraction of sp³-hybridized carbons (Fsp3) is 0.292. The zero-order valence-electron chi connectivity index (χ0n) is 16.6. The highest BCUT2D eigenvalue weighted by Gasteiger charge is 2.24. The Morgan fingerprint density at radius 3 is 2.93 bits per heavy atom. The topological polar surface area (TPSA) is 70.6 Å². The summed E-state index contributed by atoms with van der Waals surface area (Å²) >= 11 is 0. The van der Waals surface area contributed by atoms with Crippen LogP contribution in [0.5, 0.6) is 11.5 Å². The van der Waals surface area contributed by atoms with Gasteiger partial charge in [-0.15, -0.1) is 0 Å². The molecule has 0 atom stereocenters.